The number of hydrogen-bond donors (Lipinski definition) is 0. The van der Waals surface area contributed by atoms with Crippen LogP contribution in [0.1, 0.15) is 13.8 Å². The molecule has 2 aromatic carbocycles. The first-order chi connectivity index (χ1) is 10.8. The van der Waals surface area contributed by atoms with E-state index >= 15 is 0 Å². The highest BCUT2D eigenvalue weighted by Crippen LogP contribution is 2.18. The second-order valence-corrected chi connectivity index (χ2v) is 4.41. The largest absolute Gasteiger partial charge is 0.494 e. The van der Waals surface area contributed by atoms with Gasteiger partial charge in [-0.2, -0.15) is 0 Å². The van der Waals surface area contributed by atoms with E-state index in [2.05, 4.69) is 9.98 Å². The highest BCUT2D eigenvalue weighted by atomic mass is 16.5. The molecule has 0 fully saturated rings. The predicted molar refractivity (Wildman–Crippen MR) is 91.5 cm³/mol. The number of ether oxygens (including phenoxy) is 2. The van der Waals surface area contributed by atoms with Crippen molar-refractivity contribution in [2.45, 2.75) is 13.8 Å². The fraction of sp³-hybridized carbons (Fsp3) is 0.222. The molecule has 0 aromatic heterocycles. The summed E-state index contributed by atoms with van der Waals surface area (Å²) in [6, 6.07) is 15.2. The van der Waals surface area contributed by atoms with Crippen molar-refractivity contribution in [3.05, 3.63) is 48.5 Å². The summed E-state index contributed by atoms with van der Waals surface area (Å²) in [5.41, 5.74) is 1.73. The van der Waals surface area contributed by atoms with Crippen LogP contribution >= 0.6 is 0 Å². The molecule has 0 spiro atoms. The molecule has 2 rings (SSSR count). The van der Waals surface area contributed by atoms with Gasteiger partial charge < -0.3 is 9.47 Å². The average molecular weight is 296 g/mol. The van der Waals surface area contributed by atoms with E-state index in [0.717, 1.165) is 22.9 Å². The summed E-state index contributed by atoms with van der Waals surface area (Å²) < 4.78 is 10.8. The molecule has 0 saturated heterocycles. The third kappa shape index (κ3) is 5.05. The van der Waals surface area contributed by atoms with Crippen LogP contribution in [-0.4, -0.2) is 25.6 Å². The zero-order valence-corrected chi connectivity index (χ0v) is 12.9. The van der Waals surface area contributed by atoms with E-state index in [1.54, 1.807) is 12.4 Å². The number of nitrogens with zero attached hydrogens (tertiary/aromatic N) is 2. The SMILES string of the molecule is CCOc1ccc(N=CC=Nc2ccc(OCC)cc2)cc1. The van der Waals surface area contributed by atoms with Gasteiger partial charge in [0.1, 0.15) is 11.5 Å². The number of aliphatic imine (C=N–C) groups is 2. The minimum absolute atomic E-state index is 0.664. The molecule has 0 N–H and O–H groups in total. The second kappa shape index (κ2) is 8.62. The molecule has 0 heterocycles. The molecule has 4 heteroatoms. The van der Waals surface area contributed by atoms with Crippen molar-refractivity contribution in [3.63, 3.8) is 0 Å². The van der Waals surface area contributed by atoms with Crippen molar-refractivity contribution in [1.29, 1.82) is 0 Å². The molecular weight excluding hydrogens is 276 g/mol. The number of rotatable bonds is 7. The Labute approximate surface area is 131 Å². The lowest BCUT2D eigenvalue weighted by atomic mass is 10.3. The van der Waals surface area contributed by atoms with Gasteiger partial charge in [-0.05, 0) is 62.4 Å². The molecule has 0 atom stereocenters. The number of hydrogen-bond acceptors (Lipinski definition) is 4. The molecule has 22 heavy (non-hydrogen) atoms. The van der Waals surface area contributed by atoms with Gasteiger partial charge in [0.2, 0.25) is 0 Å². The smallest absolute Gasteiger partial charge is 0.119 e. The molecule has 0 unspecified atom stereocenters. The second-order valence-electron chi connectivity index (χ2n) is 4.41. The molecule has 0 bridgehead atoms. The van der Waals surface area contributed by atoms with Crippen LogP contribution < -0.4 is 9.47 Å². The highest BCUT2D eigenvalue weighted by molar-refractivity contribution is 6.17. The summed E-state index contributed by atoms with van der Waals surface area (Å²) in [4.78, 5) is 8.63. The van der Waals surface area contributed by atoms with Crippen LogP contribution in [-0.2, 0) is 0 Å². The lowest BCUT2D eigenvalue weighted by Gasteiger charge is -2.02. The summed E-state index contributed by atoms with van der Waals surface area (Å²) >= 11 is 0. The molecule has 0 aliphatic carbocycles. The van der Waals surface area contributed by atoms with E-state index in [4.69, 9.17) is 9.47 Å². The Hall–Kier alpha value is -2.62. The van der Waals surface area contributed by atoms with Gasteiger partial charge in [0.25, 0.3) is 0 Å². The number of benzene rings is 2. The van der Waals surface area contributed by atoms with Gasteiger partial charge in [-0.15, -0.1) is 0 Å². The minimum atomic E-state index is 0.664. The zero-order valence-electron chi connectivity index (χ0n) is 12.9. The Balaban J connectivity index is 1.90. The Kier molecular flexibility index (Phi) is 6.18. The van der Waals surface area contributed by atoms with E-state index in [1.165, 1.54) is 0 Å². The topological polar surface area (TPSA) is 43.2 Å². The summed E-state index contributed by atoms with van der Waals surface area (Å²) in [6.45, 7) is 5.25. The van der Waals surface area contributed by atoms with Crippen molar-refractivity contribution in [2.75, 3.05) is 13.2 Å². The molecule has 0 amide bonds. The van der Waals surface area contributed by atoms with E-state index in [1.807, 2.05) is 62.4 Å². The van der Waals surface area contributed by atoms with E-state index in [9.17, 15) is 0 Å². The Bertz CT molecular complexity index is 559. The van der Waals surface area contributed by atoms with Gasteiger partial charge in [0.15, 0.2) is 0 Å². The molecule has 0 saturated carbocycles. The van der Waals surface area contributed by atoms with Crippen molar-refractivity contribution < 1.29 is 9.47 Å². The molecular formula is C18H20N2O2. The van der Waals surface area contributed by atoms with Gasteiger partial charge in [0, 0.05) is 12.4 Å². The van der Waals surface area contributed by atoms with E-state index in [0.29, 0.717) is 13.2 Å². The fourth-order valence-electron chi connectivity index (χ4n) is 1.83. The van der Waals surface area contributed by atoms with Gasteiger partial charge >= 0.3 is 0 Å². The van der Waals surface area contributed by atoms with E-state index in [-0.39, 0.29) is 0 Å². The third-order valence-electron chi connectivity index (χ3n) is 2.81. The standard InChI is InChI=1S/C18H20N2O2/c1-3-21-17-9-5-15(6-10-17)19-13-14-20-16-7-11-18(12-8-16)22-4-2/h5-14H,3-4H2,1-2H3. The van der Waals surface area contributed by atoms with Crippen LogP contribution in [0, 0.1) is 0 Å². The lowest BCUT2D eigenvalue weighted by Crippen LogP contribution is -1.90. The highest BCUT2D eigenvalue weighted by Gasteiger charge is 1.92. The van der Waals surface area contributed by atoms with Crippen LogP contribution in [0.15, 0.2) is 58.5 Å². The minimum Gasteiger partial charge on any atom is -0.494 e. The van der Waals surface area contributed by atoms with E-state index < -0.39 is 0 Å². The van der Waals surface area contributed by atoms with Gasteiger partial charge in [0.05, 0.1) is 24.6 Å². The Morgan fingerprint density at radius 3 is 1.36 bits per heavy atom. The van der Waals surface area contributed by atoms with Crippen LogP contribution in [0.3, 0.4) is 0 Å². The normalized spacial score (nSPS) is 11.2. The van der Waals surface area contributed by atoms with Crippen molar-refractivity contribution in [1.82, 2.24) is 0 Å². The molecule has 2 aromatic rings. The molecule has 4 nitrogen and oxygen atoms in total. The van der Waals surface area contributed by atoms with Crippen LogP contribution in [0.2, 0.25) is 0 Å². The monoisotopic (exact) mass is 296 g/mol. The summed E-state index contributed by atoms with van der Waals surface area (Å²) in [6.07, 6.45) is 3.35. The molecule has 114 valence electrons. The fourth-order valence-corrected chi connectivity index (χ4v) is 1.83. The Morgan fingerprint density at radius 1 is 0.682 bits per heavy atom. The predicted octanol–water partition coefficient (Wildman–Crippen LogP) is 4.59. The molecule has 0 aliphatic rings. The summed E-state index contributed by atoms with van der Waals surface area (Å²) in [5.74, 6) is 1.70. The van der Waals surface area contributed by atoms with Crippen LogP contribution in [0.5, 0.6) is 11.5 Å². The third-order valence-corrected chi connectivity index (χ3v) is 2.81. The maximum Gasteiger partial charge on any atom is 0.119 e. The van der Waals surface area contributed by atoms with Gasteiger partial charge in [-0.3, -0.25) is 9.98 Å². The maximum atomic E-state index is 5.38. The molecule has 0 radical (unpaired) electrons. The summed E-state index contributed by atoms with van der Waals surface area (Å²) in [7, 11) is 0. The zero-order chi connectivity index (χ0) is 15.6. The lowest BCUT2D eigenvalue weighted by molar-refractivity contribution is 0.340. The van der Waals surface area contributed by atoms with Crippen LogP contribution in [0.4, 0.5) is 11.4 Å². The van der Waals surface area contributed by atoms with Crippen LogP contribution in [0.25, 0.3) is 0 Å². The first-order valence-electron chi connectivity index (χ1n) is 7.34. The van der Waals surface area contributed by atoms with Crippen molar-refractivity contribution >= 4 is 23.8 Å². The first-order valence-corrected chi connectivity index (χ1v) is 7.34. The molecule has 0 aliphatic heterocycles. The Morgan fingerprint density at radius 2 is 1.05 bits per heavy atom. The van der Waals surface area contributed by atoms with Gasteiger partial charge in [-0.25, -0.2) is 0 Å². The van der Waals surface area contributed by atoms with Crippen molar-refractivity contribution in [2.24, 2.45) is 9.98 Å². The maximum absolute atomic E-state index is 5.38. The summed E-state index contributed by atoms with van der Waals surface area (Å²) in [5, 5.41) is 0. The average Bonchev–Trinajstić information content (AvgIpc) is 2.55. The van der Waals surface area contributed by atoms with Gasteiger partial charge in [-0.1, -0.05) is 0 Å². The first kappa shape index (κ1) is 15.8. The van der Waals surface area contributed by atoms with Crippen molar-refractivity contribution in [3.8, 4) is 11.5 Å². The quantitative estimate of drug-likeness (QED) is 0.701.